The Kier molecular flexibility index (Phi) is 8.61. The van der Waals surface area contributed by atoms with Crippen LogP contribution in [0.2, 0.25) is 0 Å². The molecule has 0 saturated carbocycles. The summed E-state index contributed by atoms with van der Waals surface area (Å²) < 4.78 is 0. The Morgan fingerprint density at radius 2 is 1.91 bits per heavy atom. The van der Waals surface area contributed by atoms with Crippen LogP contribution in [-0.4, -0.2) is 58.1 Å². The predicted octanol–water partition coefficient (Wildman–Crippen LogP) is 0.900. The molecule has 3 N–H and O–H groups in total. The van der Waals surface area contributed by atoms with Crippen molar-refractivity contribution in [3.8, 4) is 0 Å². The molecule has 1 aliphatic heterocycles. The Morgan fingerprint density at radius 1 is 1.22 bits per heavy atom. The molecule has 2 amide bonds. The molecule has 0 aromatic rings. The van der Waals surface area contributed by atoms with Gasteiger partial charge in [-0.1, -0.05) is 32.6 Å². The number of aliphatic hydroxyl groups is 1. The van der Waals surface area contributed by atoms with E-state index in [4.69, 9.17) is 5.11 Å². The monoisotopic (exact) mass is 328 g/mol. The van der Waals surface area contributed by atoms with E-state index in [1.54, 1.807) is 0 Å². The van der Waals surface area contributed by atoms with E-state index in [0.29, 0.717) is 25.8 Å². The Bertz CT molecular complexity index is 413. The maximum absolute atomic E-state index is 12.3. The van der Waals surface area contributed by atoms with E-state index in [0.717, 1.165) is 32.1 Å². The lowest BCUT2D eigenvalue weighted by atomic mass is 10.1. The van der Waals surface area contributed by atoms with Crippen LogP contribution in [0, 0.1) is 0 Å². The number of nitrogens with zero attached hydrogens (tertiary/aromatic N) is 1. The maximum Gasteiger partial charge on any atom is 0.326 e. The summed E-state index contributed by atoms with van der Waals surface area (Å²) >= 11 is 0. The van der Waals surface area contributed by atoms with Crippen LogP contribution in [0.15, 0.2) is 0 Å². The van der Waals surface area contributed by atoms with Crippen molar-refractivity contribution in [3.05, 3.63) is 0 Å². The molecule has 0 radical (unpaired) electrons. The van der Waals surface area contributed by atoms with E-state index in [1.807, 2.05) is 0 Å². The molecular formula is C16H28N2O5. The maximum atomic E-state index is 12.3. The number of amides is 2. The molecule has 0 aromatic carbocycles. The number of rotatable bonds is 10. The molecule has 1 saturated heterocycles. The van der Waals surface area contributed by atoms with Gasteiger partial charge in [0.2, 0.25) is 11.8 Å². The fourth-order valence-electron chi connectivity index (χ4n) is 2.83. The molecule has 1 fully saturated rings. The van der Waals surface area contributed by atoms with Crippen LogP contribution in [-0.2, 0) is 14.4 Å². The lowest BCUT2D eigenvalue weighted by molar-refractivity contribution is -0.149. The summed E-state index contributed by atoms with van der Waals surface area (Å²) in [6, 6.07) is -1.92. The zero-order chi connectivity index (χ0) is 17.2. The summed E-state index contributed by atoms with van der Waals surface area (Å²) in [5.74, 6) is -1.84. The molecule has 0 aliphatic carbocycles. The second-order valence-electron chi connectivity index (χ2n) is 5.99. The number of hydrogen-bond acceptors (Lipinski definition) is 4. The molecule has 7 nitrogen and oxygen atoms in total. The molecular weight excluding hydrogens is 300 g/mol. The summed E-state index contributed by atoms with van der Waals surface area (Å²) in [5, 5.41) is 21.0. The number of aliphatic hydroxyl groups excluding tert-OH is 1. The summed E-state index contributed by atoms with van der Waals surface area (Å²) in [6.45, 7) is 1.94. The molecule has 1 heterocycles. The molecule has 1 aliphatic rings. The minimum atomic E-state index is -1.06. The second kappa shape index (κ2) is 10.2. The summed E-state index contributed by atoms with van der Waals surface area (Å²) in [5.41, 5.74) is 0. The van der Waals surface area contributed by atoms with Gasteiger partial charge < -0.3 is 20.4 Å². The van der Waals surface area contributed by atoms with Crippen LogP contribution < -0.4 is 5.32 Å². The van der Waals surface area contributed by atoms with Crippen molar-refractivity contribution < 1.29 is 24.6 Å². The van der Waals surface area contributed by atoms with Gasteiger partial charge in [-0.3, -0.25) is 9.59 Å². The largest absolute Gasteiger partial charge is 0.480 e. The van der Waals surface area contributed by atoms with Gasteiger partial charge in [-0.2, -0.15) is 0 Å². The van der Waals surface area contributed by atoms with Gasteiger partial charge in [0.1, 0.15) is 12.1 Å². The lowest BCUT2D eigenvalue weighted by Crippen LogP contribution is -2.53. The third-order valence-corrected chi connectivity index (χ3v) is 4.14. The number of carbonyl (C=O) groups excluding carboxylic acids is 2. The fraction of sp³-hybridized carbons (Fsp3) is 0.812. The zero-order valence-corrected chi connectivity index (χ0v) is 13.8. The van der Waals surface area contributed by atoms with Crippen molar-refractivity contribution in [2.75, 3.05) is 13.2 Å². The van der Waals surface area contributed by atoms with E-state index in [9.17, 15) is 19.5 Å². The second-order valence-corrected chi connectivity index (χ2v) is 5.99. The molecule has 23 heavy (non-hydrogen) atoms. The van der Waals surface area contributed by atoms with Crippen LogP contribution in [0.1, 0.15) is 58.3 Å². The van der Waals surface area contributed by atoms with Crippen molar-refractivity contribution in [1.29, 1.82) is 0 Å². The van der Waals surface area contributed by atoms with Crippen molar-refractivity contribution in [3.63, 3.8) is 0 Å². The van der Waals surface area contributed by atoms with Crippen LogP contribution in [0.3, 0.4) is 0 Å². The van der Waals surface area contributed by atoms with Crippen molar-refractivity contribution in [2.24, 2.45) is 0 Å². The predicted molar refractivity (Wildman–Crippen MR) is 84.8 cm³/mol. The number of carboxylic acids is 1. The smallest absolute Gasteiger partial charge is 0.326 e. The van der Waals surface area contributed by atoms with Gasteiger partial charge in [-0.25, -0.2) is 4.79 Å². The number of nitrogens with one attached hydrogen (secondary N) is 1. The molecule has 7 heteroatoms. The molecule has 0 spiro atoms. The number of hydrogen-bond donors (Lipinski definition) is 3. The minimum Gasteiger partial charge on any atom is -0.480 e. The molecule has 0 aromatic heterocycles. The first-order chi connectivity index (χ1) is 11.0. The van der Waals surface area contributed by atoms with Crippen LogP contribution >= 0.6 is 0 Å². The molecule has 2 atom stereocenters. The van der Waals surface area contributed by atoms with Crippen molar-refractivity contribution >= 4 is 17.8 Å². The summed E-state index contributed by atoms with van der Waals surface area (Å²) in [4.78, 5) is 36.6. The SMILES string of the molecule is CCCCCCCC(=O)N[C@@H](CO)C(=O)N1CCC[C@H]1C(=O)O. The topological polar surface area (TPSA) is 107 Å². The average Bonchev–Trinajstić information content (AvgIpc) is 3.01. The first kappa shape index (κ1) is 19.4. The normalized spacial score (nSPS) is 18.7. The van der Waals surface area contributed by atoms with Gasteiger partial charge in [-0.15, -0.1) is 0 Å². The molecule has 0 unspecified atom stereocenters. The number of likely N-dealkylation sites (tertiary alicyclic amines) is 1. The van der Waals surface area contributed by atoms with E-state index >= 15 is 0 Å². The number of aliphatic carboxylic acids is 1. The van der Waals surface area contributed by atoms with Gasteiger partial charge >= 0.3 is 5.97 Å². The highest BCUT2D eigenvalue weighted by molar-refractivity contribution is 5.90. The van der Waals surface area contributed by atoms with Gasteiger partial charge in [0.15, 0.2) is 0 Å². The Balaban J connectivity index is 2.44. The van der Waals surface area contributed by atoms with Gasteiger partial charge in [0.05, 0.1) is 6.61 Å². The van der Waals surface area contributed by atoms with Crippen molar-refractivity contribution in [1.82, 2.24) is 10.2 Å². The van der Waals surface area contributed by atoms with E-state index in [1.165, 1.54) is 4.90 Å². The third kappa shape index (κ3) is 6.17. The Labute approximate surface area is 137 Å². The first-order valence-corrected chi connectivity index (χ1v) is 8.44. The third-order valence-electron chi connectivity index (χ3n) is 4.14. The highest BCUT2D eigenvalue weighted by Crippen LogP contribution is 2.18. The minimum absolute atomic E-state index is 0.278. The van der Waals surface area contributed by atoms with Crippen molar-refractivity contribution in [2.45, 2.75) is 70.4 Å². The van der Waals surface area contributed by atoms with Crippen LogP contribution in [0.4, 0.5) is 0 Å². The molecule has 0 bridgehead atoms. The van der Waals surface area contributed by atoms with Gasteiger partial charge in [-0.05, 0) is 19.3 Å². The van der Waals surface area contributed by atoms with Crippen LogP contribution in [0.25, 0.3) is 0 Å². The summed E-state index contributed by atoms with van der Waals surface area (Å²) in [7, 11) is 0. The van der Waals surface area contributed by atoms with E-state index < -0.39 is 30.6 Å². The van der Waals surface area contributed by atoms with Gasteiger partial charge in [0.25, 0.3) is 0 Å². The number of carbonyl (C=O) groups is 3. The highest BCUT2D eigenvalue weighted by Gasteiger charge is 2.37. The molecule has 1 rings (SSSR count). The van der Waals surface area contributed by atoms with E-state index in [2.05, 4.69) is 12.2 Å². The highest BCUT2D eigenvalue weighted by atomic mass is 16.4. The van der Waals surface area contributed by atoms with E-state index in [-0.39, 0.29) is 5.91 Å². The van der Waals surface area contributed by atoms with Crippen LogP contribution in [0.5, 0.6) is 0 Å². The fourth-order valence-corrected chi connectivity index (χ4v) is 2.83. The molecule has 132 valence electrons. The first-order valence-electron chi connectivity index (χ1n) is 8.44. The Morgan fingerprint density at radius 3 is 2.52 bits per heavy atom. The summed E-state index contributed by atoms with van der Waals surface area (Å²) in [6.07, 6.45) is 6.41. The number of carboxylic acid groups (broad SMARTS) is 1. The zero-order valence-electron chi connectivity index (χ0n) is 13.8. The quantitative estimate of drug-likeness (QED) is 0.517. The lowest BCUT2D eigenvalue weighted by Gasteiger charge is -2.26. The van der Waals surface area contributed by atoms with Gasteiger partial charge in [0, 0.05) is 13.0 Å². The average molecular weight is 328 g/mol. The Hall–Kier alpha value is -1.63. The number of unbranched alkanes of at least 4 members (excludes halogenated alkanes) is 4. The standard InChI is InChI=1S/C16H28N2O5/c1-2-3-4-5-6-9-14(20)17-12(11-19)15(21)18-10-7-8-13(18)16(22)23/h12-13,19H,2-11H2,1H3,(H,17,20)(H,22,23)/t12-,13-/m0/s1.